The number of carboxylic acids is 2. The molecule has 2 bridgehead atoms. The summed E-state index contributed by atoms with van der Waals surface area (Å²) in [6.07, 6.45) is 2.17. The van der Waals surface area contributed by atoms with E-state index in [1.807, 2.05) is 53.2 Å². The van der Waals surface area contributed by atoms with Crippen LogP contribution in [0.5, 0.6) is 0 Å². The highest BCUT2D eigenvalue weighted by Crippen LogP contribution is 2.43. The van der Waals surface area contributed by atoms with E-state index in [0.717, 1.165) is 18.1 Å². The average Bonchev–Trinajstić information content (AvgIpc) is 2.95. The van der Waals surface area contributed by atoms with Crippen LogP contribution in [0.1, 0.15) is 24.1 Å². The fourth-order valence-corrected chi connectivity index (χ4v) is 4.49. The quantitative estimate of drug-likeness (QED) is 0.570. The van der Waals surface area contributed by atoms with Gasteiger partial charge in [0, 0.05) is 30.8 Å². The van der Waals surface area contributed by atoms with Crippen LogP contribution in [0.4, 0.5) is 5.82 Å². The molecule has 2 aliphatic heterocycles. The zero-order valence-electron chi connectivity index (χ0n) is 17.0. The van der Waals surface area contributed by atoms with Crippen molar-refractivity contribution in [2.45, 2.75) is 24.4 Å². The van der Waals surface area contributed by atoms with Crippen molar-refractivity contribution in [1.82, 2.24) is 15.1 Å². The van der Waals surface area contributed by atoms with Gasteiger partial charge in [-0.1, -0.05) is 24.1 Å². The number of aliphatic carboxylic acids is 2. The van der Waals surface area contributed by atoms with Crippen LogP contribution in [-0.4, -0.2) is 69.0 Å². The Kier molecular flexibility index (Phi) is 5.44. The van der Waals surface area contributed by atoms with Crippen LogP contribution >= 0.6 is 0 Å². The van der Waals surface area contributed by atoms with Crippen molar-refractivity contribution in [3.8, 4) is 11.8 Å². The molecule has 1 aromatic carbocycles. The summed E-state index contributed by atoms with van der Waals surface area (Å²) < 4.78 is 0. The van der Waals surface area contributed by atoms with E-state index in [1.54, 1.807) is 6.07 Å². The molecule has 2 N–H and O–H groups in total. The highest BCUT2D eigenvalue weighted by molar-refractivity contribution is 5.97. The third kappa shape index (κ3) is 4.00. The van der Waals surface area contributed by atoms with Crippen molar-refractivity contribution in [1.29, 1.82) is 0 Å². The monoisotopic (exact) mass is 418 g/mol. The Labute approximate surface area is 179 Å². The fourth-order valence-electron chi connectivity index (χ4n) is 4.49. The number of carbonyl (C=O) groups is 2. The van der Waals surface area contributed by atoms with Crippen LogP contribution in [0, 0.1) is 11.8 Å². The molecule has 8 heteroatoms. The van der Waals surface area contributed by atoms with E-state index in [0.29, 0.717) is 31.0 Å². The average molecular weight is 418 g/mol. The Morgan fingerprint density at radius 3 is 2.55 bits per heavy atom. The van der Waals surface area contributed by atoms with Gasteiger partial charge in [0.1, 0.15) is 5.69 Å². The molecule has 0 radical (unpaired) electrons. The number of nitrogens with zero attached hydrogens (tertiary/aromatic N) is 4. The molecular formula is C23H22N4O4. The van der Waals surface area contributed by atoms with E-state index in [-0.39, 0.29) is 11.6 Å². The summed E-state index contributed by atoms with van der Waals surface area (Å²) in [6, 6.07) is 13.3. The largest absolute Gasteiger partial charge is 0.478 e. The van der Waals surface area contributed by atoms with Crippen molar-refractivity contribution in [2.24, 2.45) is 0 Å². The third-order valence-corrected chi connectivity index (χ3v) is 6.08. The molecule has 0 aliphatic carbocycles. The van der Waals surface area contributed by atoms with Crippen molar-refractivity contribution in [3.63, 3.8) is 0 Å². The minimum atomic E-state index is -1.26. The van der Waals surface area contributed by atoms with E-state index in [9.17, 15) is 19.8 Å². The topological polar surface area (TPSA) is 107 Å². The number of hydrogen-bond donors (Lipinski definition) is 2. The number of hydrogen-bond acceptors (Lipinski definition) is 6. The highest BCUT2D eigenvalue weighted by Gasteiger charge is 2.53. The molecule has 2 fully saturated rings. The number of aromatic nitrogens is 2. The minimum Gasteiger partial charge on any atom is -0.478 e. The van der Waals surface area contributed by atoms with Gasteiger partial charge in [0.25, 0.3) is 0 Å². The molecule has 0 saturated carbocycles. The number of benzene rings is 1. The van der Waals surface area contributed by atoms with Crippen molar-refractivity contribution >= 4 is 17.8 Å². The SMILES string of the molecule is CN1C2CCC1(C(=CC(=O)O)C(=O)O)CN(c1ccc(C#Cc3ccccc3)nn1)C2. The van der Waals surface area contributed by atoms with Gasteiger partial charge in [-0.05, 0) is 50.1 Å². The van der Waals surface area contributed by atoms with E-state index < -0.39 is 17.5 Å². The van der Waals surface area contributed by atoms with Crippen LogP contribution in [-0.2, 0) is 9.59 Å². The van der Waals surface area contributed by atoms with Gasteiger partial charge in [-0.3, -0.25) is 4.90 Å². The number of likely N-dealkylation sites (N-methyl/N-ethyl adjacent to an activating group) is 1. The maximum atomic E-state index is 11.9. The van der Waals surface area contributed by atoms with Crippen molar-refractivity contribution in [2.75, 3.05) is 25.0 Å². The zero-order chi connectivity index (χ0) is 22.0. The first-order chi connectivity index (χ1) is 14.9. The minimum absolute atomic E-state index is 0.102. The molecule has 4 rings (SSSR count). The summed E-state index contributed by atoms with van der Waals surface area (Å²) >= 11 is 0. The predicted octanol–water partition coefficient (Wildman–Crippen LogP) is 1.62. The van der Waals surface area contributed by atoms with Gasteiger partial charge in [-0.15, -0.1) is 10.2 Å². The van der Waals surface area contributed by atoms with Crippen LogP contribution in [0.15, 0.2) is 54.1 Å². The first kappa shape index (κ1) is 20.6. The van der Waals surface area contributed by atoms with Gasteiger partial charge in [-0.2, -0.15) is 0 Å². The molecule has 2 aliphatic rings. The Bertz CT molecular complexity index is 1090. The summed E-state index contributed by atoms with van der Waals surface area (Å²) in [5.41, 5.74) is 0.433. The molecule has 0 amide bonds. The molecule has 2 atom stereocenters. The first-order valence-electron chi connectivity index (χ1n) is 9.96. The molecule has 158 valence electrons. The van der Waals surface area contributed by atoms with Crippen molar-refractivity contribution in [3.05, 3.63) is 65.4 Å². The lowest BCUT2D eigenvalue weighted by molar-refractivity contribution is -0.136. The summed E-state index contributed by atoms with van der Waals surface area (Å²) in [7, 11) is 1.86. The van der Waals surface area contributed by atoms with Crippen LogP contribution in [0.25, 0.3) is 0 Å². The first-order valence-corrected chi connectivity index (χ1v) is 9.96. The molecule has 2 saturated heterocycles. The van der Waals surface area contributed by atoms with Gasteiger partial charge in [0.05, 0.1) is 11.1 Å². The highest BCUT2D eigenvalue weighted by atomic mass is 16.4. The third-order valence-electron chi connectivity index (χ3n) is 6.08. The van der Waals surface area contributed by atoms with Crippen LogP contribution < -0.4 is 4.90 Å². The number of carboxylic acid groups (broad SMARTS) is 2. The van der Waals surface area contributed by atoms with Crippen LogP contribution in [0.2, 0.25) is 0 Å². The number of rotatable bonds is 4. The number of fused-ring (bicyclic) bond motifs is 2. The summed E-state index contributed by atoms with van der Waals surface area (Å²) in [4.78, 5) is 27.2. The van der Waals surface area contributed by atoms with Gasteiger partial charge in [0.2, 0.25) is 0 Å². The van der Waals surface area contributed by atoms with Crippen LogP contribution in [0.3, 0.4) is 0 Å². The second kappa shape index (κ2) is 8.20. The van der Waals surface area contributed by atoms with Gasteiger partial charge >= 0.3 is 11.9 Å². The van der Waals surface area contributed by atoms with E-state index >= 15 is 0 Å². The van der Waals surface area contributed by atoms with E-state index in [1.165, 1.54) is 0 Å². The Balaban J connectivity index is 1.59. The predicted molar refractivity (Wildman–Crippen MR) is 114 cm³/mol. The fraction of sp³-hybridized carbons (Fsp3) is 0.304. The standard InChI is InChI=1S/C23H22N4O4/c1-26-18-11-12-23(26,19(22(30)31)13-21(28)29)15-27(14-18)20-10-9-17(24-25-20)8-7-16-5-3-2-4-6-16/h2-6,9-10,13,18H,11-12,14-15H2,1H3,(H,28,29)(H,30,31). The smallest absolute Gasteiger partial charge is 0.333 e. The molecular weight excluding hydrogens is 396 g/mol. The molecule has 31 heavy (non-hydrogen) atoms. The maximum Gasteiger partial charge on any atom is 0.333 e. The molecule has 1 aromatic heterocycles. The second-order valence-electron chi connectivity index (χ2n) is 7.81. The van der Waals surface area contributed by atoms with Gasteiger partial charge < -0.3 is 15.1 Å². The second-order valence-corrected chi connectivity index (χ2v) is 7.81. The summed E-state index contributed by atoms with van der Waals surface area (Å²) in [5.74, 6) is 4.17. The molecule has 2 aromatic rings. The lowest BCUT2D eigenvalue weighted by Crippen LogP contribution is -2.62. The number of anilines is 1. The zero-order valence-corrected chi connectivity index (χ0v) is 17.0. The molecule has 0 spiro atoms. The lowest BCUT2D eigenvalue weighted by atomic mass is 9.85. The summed E-state index contributed by atoms with van der Waals surface area (Å²) in [6.45, 7) is 0.997. The Morgan fingerprint density at radius 2 is 1.90 bits per heavy atom. The molecule has 3 heterocycles. The van der Waals surface area contributed by atoms with E-state index in [4.69, 9.17) is 0 Å². The Morgan fingerprint density at radius 1 is 1.13 bits per heavy atom. The summed E-state index contributed by atoms with van der Waals surface area (Å²) in [5, 5.41) is 27.5. The van der Waals surface area contributed by atoms with Gasteiger partial charge in [-0.25, -0.2) is 9.59 Å². The van der Waals surface area contributed by atoms with E-state index in [2.05, 4.69) is 22.0 Å². The molecule has 8 nitrogen and oxygen atoms in total. The normalized spacial score (nSPS) is 23.2. The lowest BCUT2D eigenvalue weighted by Gasteiger charge is -2.47. The molecule has 2 unspecified atom stereocenters. The van der Waals surface area contributed by atoms with Gasteiger partial charge in [0.15, 0.2) is 5.82 Å². The van der Waals surface area contributed by atoms with Crippen molar-refractivity contribution < 1.29 is 19.8 Å². The number of piperazine rings is 1. The Hall–Kier alpha value is -3.70. The maximum absolute atomic E-state index is 11.9.